The Morgan fingerprint density at radius 1 is 1.32 bits per heavy atom. The van der Waals surface area contributed by atoms with Crippen LogP contribution in [-0.2, 0) is 4.79 Å². The van der Waals surface area contributed by atoms with E-state index in [0.717, 1.165) is 17.8 Å². The predicted octanol–water partition coefficient (Wildman–Crippen LogP) is 3.77. The van der Waals surface area contributed by atoms with Crippen LogP contribution in [0.5, 0.6) is 17.4 Å². The number of rotatable bonds is 8. The van der Waals surface area contributed by atoms with Crippen molar-refractivity contribution in [3.05, 3.63) is 53.3 Å². The van der Waals surface area contributed by atoms with E-state index >= 15 is 0 Å². The molecule has 0 aliphatic rings. The maximum atomic E-state index is 13.7. The molecule has 0 fully saturated rings. The minimum Gasteiger partial charge on any atom is -0.481 e. The molecular formula is C17H14ClFN4O4S. The van der Waals surface area contributed by atoms with Gasteiger partial charge >= 0.3 is 0 Å². The molecule has 0 saturated carbocycles. The lowest BCUT2D eigenvalue weighted by atomic mass is 10.3. The molecule has 2 aromatic heterocycles. The number of pyridine rings is 1. The summed E-state index contributed by atoms with van der Waals surface area (Å²) in [5.74, 6) is -0.155. The number of hydrogen-bond acceptors (Lipinski definition) is 8. The highest BCUT2D eigenvalue weighted by Gasteiger charge is 2.16. The molecule has 2 N–H and O–H groups in total. The molecule has 8 nitrogen and oxygen atoms in total. The first-order valence-corrected chi connectivity index (χ1v) is 9.27. The number of benzene rings is 1. The van der Waals surface area contributed by atoms with Crippen molar-refractivity contribution in [1.29, 1.82) is 0 Å². The zero-order valence-electron chi connectivity index (χ0n) is 14.5. The van der Waals surface area contributed by atoms with E-state index in [2.05, 4.69) is 15.2 Å². The first-order chi connectivity index (χ1) is 13.4. The Morgan fingerprint density at radius 2 is 2.04 bits per heavy atom. The van der Waals surface area contributed by atoms with E-state index in [1.54, 1.807) is 31.2 Å². The van der Waals surface area contributed by atoms with Crippen molar-refractivity contribution < 1.29 is 23.1 Å². The molecule has 0 radical (unpaired) electrons. The number of nitrogens with zero attached hydrogens (tertiary/aromatic N) is 3. The van der Waals surface area contributed by atoms with Crippen molar-refractivity contribution in [1.82, 2.24) is 15.2 Å². The minimum absolute atomic E-state index is 0.0431. The predicted molar refractivity (Wildman–Crippen MR) is 99.0 cm³/mol. The number of halogens is 2. The van der Waals surface area contributed by atoms with Gasteiger partial charge in [0.25, 0.3) is 17.0 Å². The van der Waals surface area contributed by atoms with Crippen LogP contribution in [-0.4, -0.2) is 26.8 Å². The molecule has 0 unspecified atom stereocenters. The number of carbonyl (C=O) groups is 1. The Morgan fingerprint density at radius 3 is 2.71 bits per heavy atom. The third-order valence-electron chi connectivity index (χ3n) is 3.23. The van der Waals surface area contributed by atoms with Gasteiger partial charge in [0.2, 0.25) is 5.91 Å². The Labute approximate surface area is 168 Å². The summed E-state index contributed by atoms with van der Waals surface area (Å²) < 4.78 is 30.2. The van der Waals surface area contributed by atoms with Crippen LogP contribution in [0.2, 0.25) is 5.02 Å². The first-order valence-electron chi connectivity index (χ1n) is 7.91. The number of hydrogen-bond donors (Lipinski definition) is 1. The van der Waals surface area contributed by atoms with E-state index in [1.807, 2.05) is 0 Å². The number of primary amides is 1. The normalized spacial score (nSPS) is 11.8. The van der Waals surface area contributed by atoms with Crippen molar-refractivity contribution in [2.75, 3.05) is 5.75 Å². The van der Waals surface area contributed by atoms with Gasteiger partial charge in [-0.1, -0.05) is 23.4 Å². The smallest absolute Gasteiger partial charge is 0.277 e. The Kier molecular flexibility index (Phi) is 6.32. The molecule has 3 rings (SSSR count). The lowest BCUT2D eigenvalue weighted by Gasteiger charge is -2.11. The molecule has 1 amide bonds. The van der Waals surface area contributed by atoms with Crippen LogP contribution < -0.4 is 15.2 Å². The number of ether oxygens (including phenoxy) is 2. The molecule has 0 bridgehead atoms. The SMILES string of the molecule is C[C@@H](Oc1ccc(Oc2ncc(Cl)cc2F)cc1)c1nnc(SCC(N)=O)o1. The topological polar surface area (TPSA) is 113 Å². The van der Waals surface area contributed by atoms with E-state index in [1.165, 1.54) is 6.20 Å². The van der Waals surface area contributed by atoms with Gasteiger partial charge in [0.15, 0.2) is 11.9 Å². The summed E-state index contributed by atoms with van der Waals surface area (Å²) in [6.07, 6.45) is 0.761. The van der Waals surface area contributed by atoms with Gasteiger partial charge in [-0.3, -0.25) is 4.79 Å². The summed E-state index contributed by atoms with van der Waals surface area (Å²) in [6, 6.07) is 7.58. The van der Waals surface area contributed by atoms with E-state index in [9.17, 15) is 9.18 Å². The second-order valence-corrected chi connectivity index (χ2v) is 6.80. The van der Waals surface area contributed by atoms with E-state index < -0.39 is 17.8 Å². The fourth-order valence-corrected chi connectivity index (χ4v) is 2.66. The number of carbonyl (C=O) groups excluding carboxylic acids is 1. The van der Waals surface area contributed by atoms with Gasteiger partial charge in [-0.2, -0.15) is 0 Å². The fourth-order valence-electron chi connectivity index (χ4n) is 2.01. The molecule has 0 aliphatic carbocycles. The van der Waals surface area contributed by atoms with Crippen LogP contribution in [0.3, 0.4) is 0 Å². The third kappa shape index (κ3) is 5.33. The summed E-state index contributed by atoms with van der Waals surface area (Å²) in [7, 11) is 0. The van der Waals surface area contributed by atoms with Gasteiger partial charge in [0.1, 0.15) is 11.5 Å². The van der Waals surface area contributed by atoms with Crippen molar-refractivity contribution in [3.8, 4) is 17.4 Å². The van der Waals surface area contributed by atoms with Gasteiger partial charge in [0.05, 0.1) is 10.8 Å². The molecule has 0 saturated heterocycles. The van der Waals surface area contributed by atoms with E-state index in [4.69, 9.17) is 31.2 Å². The largest absolute Gasteiger partial charge is 0.481 e. The summed E-state index contributed by atoms with van der Waals surface area (Å²) in [5.41, 5.74) is 5.07. The zero-order valence-corrected chi connectivity index (χ0v) is 16.0. The maximum absolute atomic E-state index is 13.7. The van der Waals surface area contributed by atoms with Crippen molar-refractivity contribution in [2.24, 2.45) is 5.73 Å². The molecular weight excluding hydrogens is 411 g/mol. The van der Waals surface area contributed by atoms with Crippen LogP contribution >= 0.6 is 23.4 Å². The Bertz CT molecular complexity index is 970. The van der Waals surface area contributed by atoms with Crippen molar-refractivity contribution in [2.45, 2.75) is 18.3 Å². The average molecular weight is 425 g/mol. The maximum Gasteiger partial charge on any atom is 0.277 e. The quantitative estimate of drug-likeness (QED) is 0.543. The van der Waals surface area contributed by atoms with E-state index in [0.29, 0.717) is 11.5 Å². The lowest BCUT2D eigenvalue weighted by molar-refractivity contribution is -0.115. The second kappa shape index (κ2) is 8.89. The average Bonchev–Trinajstić information content (AvgIpc) is 3.13. The fraction of sp³-hybridized carbons (Fsp3) is 0.176. The molecule has 0 spiro atoms. The van der Waals surface area contributed by atoms with Gasteiger partial charge in [-0.15, -0.1) is 10.2 Å². The molecule has 28 heavy (non-hydrogen) atoms. The second-order valence-electron chi connectivity index (χ2n) is 5.44. The van der Waals surface area contributed by atoms with Crippen LogP contribution in [0.1, 0.15) is 18.9 Å². The molecule has 1 atom stereocenters. The highest BCUT2D eigenvalue weighted by atomic mass is 35.5. The summed E-state index contributed by atoms with van der Waals surface area (Å²) in [4.78, 5) is 14.6. The van der Waals surface area contributed by atoms with Crippen LogP contribution in [0, 0.1) is 5.82 Å². The van der Waals surface area contributed by atoms with Crippen LogP contribution in [0.25, 0.3) is 0 Å². The molecule has 146 valence electrons. The lowest BCUT2D eigenvalue weighted by Crippen LogP contribution is -2.12. The first kappa shape index (κ1) is 19.9. The van der Waals surface area contributed by atoms with Gasteiger partial charge in [-0.25, -0.2) is 9.37 Å². The molecule has 11 heteroatoms. The highest BCUT2D eigenvalue weighted by molar-refractivity contribution is 7.99. The summed E-state index contributed by atoms with van der Waals surface area (Å²) in [5, 5.41) is 8.10. The third-order valence-corrected chi connectivity index (χ3v) is 4.28. The van der Waals surface area contributed by atoms with Crippen LogP contribution in [0.4, 0.5) is 4.39 Å². The Balaban J connectivity index is 1.60. The summed E-state index contributed by atoms with van der Waals surface area (Å²) >= 11 is 6.71. The molecule has 1 aromatic carbocycles. The van der Waals surface area contributed by atoms with Gasteiger partial charge in [0, 0.05) is 6.20 Å². The standard InChI is InChI=1S/C17H14ClFN4O4S/c1-9(15-22-23-17(27-15)28-8-14(20)24)25-11-2-4-12(5-3-11)26-16-13(19)6-10(18)7-21-16/h2-7,9H,8H2,1H3,(H2,20,24)/t9-/m1/s1. The van der Waals surface area contributed by atoms with Crippen LogP contribution in [0.15, 0.2) is 46.2 Å². The molecule has 0 aliphatic heterocycles. The van der Waals surface area contributed by atoms with Crippen molar-refractivity contribution in [3.63, 3.8) is 0 Å². The number of nitrogens with two attached hydrogens (primary N) is 1. The minimum atomic E-state index is -0.664. The molecule has 3 aromatic rings. The Hall–Kier alpha value is -2.85. The monoisotopic (exact) mass is 424 g/mol. The highest BCUT2D eigenvalue weighted by Crippen LogP contribution is 2.28. The summed E-state index contributed by atoms with van der Waals surface area (Å²) in [6.45, 7) is 1.73. The zero-order chi connectivity index (χ0) is 20.1. The number of amides is 1. The van der Waals surface area contributed by atoms with E-state index in [-0.39, 0.29) is 27.8 Å². The van der Waals surface area contributed by atoms with Gasteiger partial charge in [-0.05, 0) is 37.3 Å². The molecule has 2 heterocycles. The number of aromatic nitrogens is 3. The van der Waals surface area contributed by atoms with Gasteiger partial charge < -0.3 is 19.6 Å². The van der Waals surface area contributed by atoms with Crippen molar-refractivity contribution >= 4 is 29.3 Å². The number of thioether (sulfide) groups is 1.